The second-order valence-corrected chi connectivity index (χ2v) is 6.48. The lowest BCUT2D eigenvalue weighted by molar-refractivity contribution is 0.0974. The van der Waals surface area contributed by atoms with E-state index in [1.165, 1.54) is 11.1 Å². The van der Waals surface area contributed by atoms with Gasteiger partial charge in [-0.25, -0.2) is 0 Å². The van der Waals surface area contributed by atoms with Crippen LogP contribution < -0.4 is 0 Å². The van der Waals surface area contributed by atoms with Gasteiger partial charge in [-0.05, 0) is 41.8 Å². The zero-order chi connectivity index (χ0) is 16.1. The van der Waals surface area contributed by atoms with Gasteiger partial charge in [-0.3, -0.25) is 4.79 Å². The van der Waals surface area contributed by atoms with Crippen LogP contribution in [0.25, 0.3) is 0 Å². The van der Waals surface area contributed by atoms with E-state index in [0.717, 1.165) is 23.1 Å². The summed E-state index contributed by atoms with van der Waals surface area (Å²) in [6.07, 6.45) is 3.25. The first-order chi connectivity index (χ1) is 11.2. The Balaban J connectivity index is 1.67. The Bertz CT molecular complexity index is 792. The Labute approximate surface area is 144 Å². The number of Topliss-reactive ketones (excluding diaryl/α,β-unsaturated/α-hetero) is 1. The number of halogens is 1. The second-order valence-electron chi connectivity index (χ2n) is 5.56. The minimum absolute atomic E-state index is 0.186. The van der Waals surface area contributed by atoms with E-state index in [2.05, 4.69) is 40.2 Å². The summed E-state index contributed by atoms with van der Waals surface area (Å²) >= 11 is 3.47. The fraction of sp³-hybridized carbons (Fsp3) is 0.150. The van der Waals surface area contributed by atoms with Crippen LogP contribution in [-0.2, 0) is 13.0 Å². The molecule has 0 fully saturated rings. The molecular formula is C20H18BrNO. The van der Waals surface area contributed by atoms with E-state index < -0.39 is 0 Å². The fourth-order valence-corrected chi connectivity index (χ4v) is 3.11. The van der Waals surface area contributed by atoms with Crippen LogP contribution in [0.4, 0.5) is 0 Å². The summed E-state index contributed by atoms with van der Waals surface area (Å²) in [5.41, 5.74) is 3.16. The van der Waals surface area contributed by atoms with Crippen molar-refractivity contribution in [1.29, 1.82) is 0 Å². The molecule has 0 bridgehead atoms. The molecule has 2 aromatic carbocycles. The summed E-state index contributed by atoms with van der Waals surface area (Å²) in [6.45, 7) is 0.728. The van der Waals surface area contributed by atoms with Crippen LogP contribution in [0.3, 0.4) is 0 Å². The van der Waals surface area contributed by atoms with Gasteiger partial charge < -0.3 is 4.57 Å². The molecule has 0 radical (unpaired) electrons. The lowest BCUT2D eigenvalue weighted by atomic mass is 10.1. The minimum Gasteiger partial charge on any atom is -0.341 e. The maximum atomic E-state index is 12.5. The zero-order valence-corrected chi connectivity index (χ0v) is 14.4. The van der Waals surface area contributed by atoms with Gasteiger partial charge in [0.1, 0.15) is 0 Å². The van der Waals surface area contributed by atoms with Gasteiger partial charge in [0.15, 0.2) is 5.78 Å². The predicted octanol–water partition coefficient (Wildman–Crippen LogP) is 5.11. The average molecular weight is 368 g/mol. The molecule has 3 aromatic rings. The van der Waals surface area contributed by atoms with E-state index in [0.29, 0.717) is 6.42 Å². The van der Waals surface area contributed by atoms with Gasteiger partial charge >= 0.3 is 0 Å². The number of nitrogens with zero attached hydrogens (tertiary/aromatic N) is 1. The Morgan fingerprint density at radius 2 is 1.70 bits per heavy atom. The van der Waals surface area contributed by atoms with E-state index in [-0.39, 0.29) is 5.78 Å². The minimum atomic E-state index is 0.186. The highest BCUT2D eigenvalue weighted by atomic mass is 79.9. The number of carbonyl (C=O) groups is 1. The van der Waals surface area contributed by atoms with Crippen LogP contribution in [0, 0.1) is 0 Å². The molecule has 116 valence electrons. The van der Waals surface area contributed by atoms with Crippen molar-refractivity contribution in [3.8, 4) is 0 Å². The molecular weight excluding hydrogens is 350 g/mol. The highest BCUT2D eigenvalue weighted by molar-refractivity contribution is 9.10. The number of aryl methyl sites for hydroxylation is 1. The Morgan fingerprint density at radius 3 is 2.48 bits per heavy atom. The standard InChI is InChI=1S/C20H18BrNO/c21-18-9-4-8-16(14-18)11-12-20(23)19-10-5-13-22(19)15-17-6-2-1-3-7-17/h1-10,13-14H,11-12,15H2. The van der Waals surface area contributed by atoms with Crippen LogP contribution in [0.5, 0.6) is 0 Å². The Morgan fingerprint density at radius 1 is 0.913 bits per heavy atom. The van der Waals surface area contributed by atoms with Crippen molar-refractivity contribution in [3.63, 3.8) is 0 Å². The first kappa shape index (κ1) is 15.8. The SMILES string of the molecule is O=C(CCc1cccc(Br)c1)c1cccn1Cc1ccccc1. The van der Waals surface area contributed by atoms with Crippen molar-refractivity contribution >= 4 is 21.7 Å². The summed E-state index contributed by atoms with van der Waals surface area (Å²) in [4.78, 5) is 12.5. The summed E-state index contributed by atoms with van der Waals surface area (Å²) in [5.74, 6) is 0.186. The van der Waals surface area contributed by atoms with Crippen molar-refractivity contribution in [2.75, 3.05) is 0 Å². The van der Waals surface area contributed by atoms with Gasteiger partial charge in [-0.15, -0.1) is 0 Å². The maximum Gasteiger partial charge on any atom is 0.179 e. The second kappa shape index (κ2) is 7.42. The number of carbonyl (C=O) groups excluding carboxylic acids is 1. The van der Waals surface area contributed by atoms with Gasteiger partial charge in [-0.2, -0.15) is 0 Å². The lowest BCUT2D eigenvalue weighted by Crippen LogP contribution is -2.10. The van der Waals surface area contributed by atoms with E-state index >= 15 is 0 Å². The van der Waals surface area contributed by atoms with Crippen LogP contribution in [0.2, 0.25) is 0 Å². The first-order valence-corrected chi connectivity index (χ1v) is 8.48. The average Bonchev–Trinajstić information content (AvgIpc) is 3.02. The highest BCUT2D eigenvalue weighted by Crippen LogP contribution is 2.15. The molecule has 0 amide bonds. The predicted molar refractivity (Wildman–Crippen MR) is 96.8 cm³/mol. The zero-order valence-electron chi connectivity index (χ0n) is 12.8. The summed E-state index contributed by atoms with van der Waals surface area (Å²) < 4.78 is 3.08. The van der Waals surface area contributed by atoms with Crippen LogP contribution in [-0.4, -0.2) is 10.4 Å². The highest BCUT2D eigenvalue weighted by Gasteiger charge is 2.11. The van der Waals surface area contributed by atoms with Crippen molar-refractivity contribution in [1.82, 2.24) is 4.57 Å². The molecule has 0 atom stereocenters. The number of aromatic nitrogens is 1. The van der Waals surface area contributed by atoms with Crippen LogP contribution in [0.1, 0.15) is 28.0 Å². The van der Waals surface area contributed by atoms with Gasteiger partial charge in [0.05, 0.1) is 5.69 Å². The van der Waals surface area contributed by atoms with Gasteiger partial charge in [0.2, 0.25) is 0 Å². The third kappa shape index (κ3) is 4.20. The molecule has 1 aromatic heterocycles. The van der Waals surface area contributed by atoms with Crippen molar-refractivity contribution in [2.24, 2.45) is 0 Å². The van der Waals surface area contributed by atoms with E-state index in [1.807, 2.05) is 53.2 Å². The van der Waals surface area contributed by atoms with Crippen molar-refractivity contribution in [2.45, 2.75) is 19.4 Å². The molecule has 0 N–H and O–H groups in total. The molecule has 23 heavy (non-hydrogen) atoms. The van der Waals surface area contributed by atoms with E-state index in [4.69, 9.17) is 0 Å². The van der Waals surface area contributed by atoms with Gasteiger partial charge in [0, 0.05) is 23.6 Å². The number of hydrogen-bond acceptors (Lipinski definition) is 1. The molecule has 0 aliphatic heterocycles. The summed E-state index contributed by atoms with van der Waals surface area (Å²) in [7, 11) is 0. The molecule has 0 saturated carbocycles. The summed E-state index contributed by atoms with van der Waals surface area (Å²) in [6, 6.07) is 22.2. The van der Waals surface area contributed by atoms with E-state index in [1.54, 1.807) is 0 Å². The van der Waals surface area contributed by atoms with Crippen LogP contribution >= 0.6 is 15.9 Å². The quantitative estimate of drug-likeness (QED) is 0.554. The molecule has 2 nitrogen and oxygen atoms in total. The third-order valence-electron chi connectivity index (χ3n) is 3.84. The molecule has 3 heteroatoms. The van der Waals surface area contributed by atoms with Crippen molar-refractivity contribution in [3.05, 3.63) is 94.2 Å². The van der Waals surface area contributed by atoms with Crippen LogP contribution in [0.15, 0.2) is 77.4 Å². The maximum absolute atomic E-state index is 12.5. The monoisotopic (exact) mass is 367 g/mol. The smallest absolute Gasteiger partial charge is 0.179 e. The molecule has 0 aliphatic rings. The number of ketones is 1. The molecule has 0 spiro atoms. The molecule has 0 saturated heterocycles. The van der Waals surface area contributed by atoms with E-state index in [9.17, 15) is 4.79 Å². The molecule has 0 unspecified atom stereocenters. The van der Waals surface area contributed by atoms with Gasteiger partial charge in [-0.1, -0.05) is 58.4 Å². The topological polar surface area (TPSA) is 22.0 Å². The summed E-state index contributed by atoms with van der Waals surface area (Å²) in [5, 5.41) is 0. The number of benzene rings is 2. The lowest BCUT2D eigenvalue weighted by Gasteiger charge is -2.09. The first-order valence-electron chi connectivity index (χ1n) is 7.69. The Hall–Kier alpha value is -2.13. The number of hydrogen-bond donors (Lipinski definition) is 0. The largest absolute Gasteiger partial charge is 0.341 e. The van der Waals surface area contributed by atoms with Gasteiger partial charge in [0.25, 0.3) is 0 Å². The van der Waals surface area contributed by atoms with Crippen molar-refractivity contribution < 1.29 is 4.79 Å². The molecule has 3 rings (SSSR count). The molecule has 1 heterocycles. The number of rotatable bonds is 6. The fourth-order valence-electron chi connectivity index (χ4n) is 2.66. The molecule has 0 aliphatic carbocycles. The third-order valence-corrected chi connectivity index (χ3v) is 4.33. The Kier molecular flexibility index (Phi) is 5.09. The normalized spacial score (nSPS) is 10.7.